The summed E-state index contributed by atoms with van der Waals surface area (Å²) in [7, 11) is 0. The van der Waals surface area contributed by atoms with Crippen molar-refractivity contribution in [2.24, 2.45) is 16.7 Å². The molecular weight excluding hydrogens is 140 g/mol. The van der Waals surface area contributed by atoms with Gasteiger partial charge >= 0.3 is 5.97 Å². The quantitative estimate of drug-likeness (QED) is 0.617. The van der Waals surface area contributed by atoms with E-state index < -0.39 is 11.4 Å². The molecule has 1 N–H and O–H groups in total. The highest BCUT2D eigenvalue weighted by atomic mass is 16.4. The van der Waals surface area contributed by atoms with E-state index in [4.69, 9.17) is 5.11 Å². The summed E-state index contributed by atoms with van der Waals surface area (Å²) in [5, 5.41) is 8.90. The lowest BCUT2D eigenvalue weighted by atomic mass is 9.97. The Morgan fingerprint density at radius 3 is 2.18 bits per heavy atom. The van der Waals surface area contributed by atoms with Crippen LogP contribution in [0.3, 0.4) is 0 Å². The van der Waals surface area contributed by atoms with E-state index >= 15 is 0 Å². The number of hydrogen-bond donors (Lipinski definition) is 1. The highest BCUT2D eigenvalue weighted by molar-refractivity contribution is 5.81. The number of rotatable bonds is 2. The van der Waals surface area contributed by atoms with E-state index in [1.807, 2.05) is 13.8 Å². The van der Waals surface area contributed by atoms with Crippen LogP contribution in [-0.4, -0.2) is 11.1 Å². The van der Waals surface area contributed by atoms with E-state index in [1.54, 1.807) is 13.0 Å². The van der Waals surface area contributed by atoms with Crippen molar-refractivity contribution in [1.29, 1.82) is 0 Å². The van der Waals surface area contributed by atoms with Crippen LogP contribution in [0.25, 0.3) is 0 Å². The van der Waals surface area contributed by atoms with Gasteiger partial charge in [0, 0.05) is 5.41 Å². The van der Waals surface area contributed by atoms with Gasteiger partial charge in [-0.25, -0.2) is 0 Å². The molecule has 0 aromatic rings. The summed E-state index contributed by atoms with van der Waals surface area (Å²) in [6.45, 7) is 9.34. The van der Waals surface area contributed by atoms with Crippen LogP contribution in [-0.2, 0) is 4.79 Å². The van der Waals surface area contributed by atoms with Crippen molar-refractivity contribution in [2.45, 2.75) is 20.8 Å². The lowest BCUT2D eigenvalue weighted by Gasteiger charge is -2.08. The largest absolute Gasteiger partial charge is 0.481 e. The fraction of sp³-hybridized carbons (Fsp3) is 0.667. The molecule has 2 nitrogen and oxygen atoms in total. The van der Waals surface area contributed by atoms with Crippen molar-refractivity contribution in [3.63, 3.8) is 0 Å². The van der Waals surface area contributed by atoms with E-state index in [9.17, 15) is 4.79 Å². The van der Waals surface area contributed by atoms with E-state index in [-0.39, 0.29) is 11.3 Å². The minimum atomic E-state index is -0.715. The first-order valence-electron chi connectivity index (χ1n) is 3.78. The average Bonchev–Trinajstić information content (AvgIpc) is 2.39. The molecule has 0 heterocycles. The van der Waals surface area contributed by atoms with E-state index in [2.05, 4.69) is 6.58 Å². The van der Waals surface area contributed by atoms with Gasteiger partial charge in [-0.05, 0) is 12.8 Å². The molecule has 3 unspecified atom stereocenters. The molecular formula is C9H14O2. The summed E-state index contributed by atoms with van der Waals surface area (Å²) in [4.78, 5) is 10.8. The van der Waals surface area contributed by atoms with Crippen molar-refractivity contribution in [2.75, 3.05) is 0 Å². The molecule has 1 aliphatic rings. The fourth-order valence-electron chi connectivity index (χ4n) is 1.90. The average molecular weight is 154 g/mol. The van der Waals surface area contributed by atoms with Crippen LogP contribution in [0.2, 0.25) is 0 Å². The summed E-state index contributed by atoms with van der Waals surface area (Å²) < 4.78 is 0. The highest BCUT2D eigenvalue weighted by Gasteiger charge is 2.71. The molecule has 0 aliphatic heterocycles. The van der Waals surface area contributed by atoms with Crippen LogP contribution < -0.4 is 0 Å². The topological polar surface area (TPSA) is 37.3 Å². The second-order valence-corrected chi connectivity index (χ2v) is 3.72. The van der Waals surface area contributed by atoms with Gasteiger partial charge in [0.2, 0.25) is 0 Å². The predicted octanol–water partition coefficient (Wildman–Crippen LogP) is 1.92. The summed E-state index contributed by atoms with van der Waals surface area (Å²) >= 11 is 0. The van der Waals surface area contributed by atoms with E-state index in [1.165, 1.54) is 0 Å². The monoisotopic (exact) mass is 154 g/mol. The molecule has 0 amide bonds. The maximum atomic E-state index is 10.8. The Labute approximate surface area is 66.9 Å². The molecule has 1 saturated carbocycles. The van der Waals surface area contributed by atoms with Gasteiger partial charge < -0.3 is 5.11 Å². The second kappa shape index (κ2) is 1.87. The zero-order chi connectivity index (χ0) is 8.86. The Morgan fingerprint density at radius 1 is 1.64 bits per heavy atom. The lowest BCUT2D eigenvalue weighted by Crippen LogP contribution is -2.17. The Kier molecular flexibility index (Phi) is 1.41. The van der Waals surface area contributed by atoms with Crippen LogP contribution in [0.4, 0.5) is 0 Å². The van der Waals surface area contributed by atoms with Gasteiger partial charge in [0.1, 0.15) is 0 Å². The van der Waals surface area contributed by atoms with Crippen LogP contribution >= 0.6 is 0 Å². The van der Waals surface area contributed by atoms with Crippen molar-refractivity contribution < 1.29 is 9.90 Å². The van der Waals surface area contributed by atoms with E-state index in [0.29, 0.717) is 0 Å². The van der Waals surface area contributed by atoms with Crippen LogP contribution in [0.1, 0.15) is 20.8 Å². The number of aliphatic carboxylic acids is 1. The van der Waals surface area contributed by atoms with Crippen LogP contribution in [0.15, 0.2) is 12.7 Å². The summed E-state index contributed by atoms with van der Waals surface area (Å²) in [6, 6.07) is 0. The van der Waals surface area contributed by atoms with Gasteiger partial charge in [0.05, 0.1) is 5.41 Å². The molecule has 0 aromatic carbocycles. The van der Waals surface area contributed by atoms with Crippen molar-refractivity contribution >= 4 is 5.97 Å². The number of hydrogen-bond acceptors (Lipinski definition) is 1. The first-order chi connectivity index (χ1) is 4.91. The third-order valence-corrected chi connectivity index (χ3v) is 3.67. The molecule has 11 heavy (non-hydrogen) atoms. The SMILES string of the molecule is C=CC1(C)C(C)C1(C)C(=O)O. The van der Waals surface area contributed by atoms with E-state index in [0.717, 1.165) is 0 Å². The second-order valence-electron chi connectivity index (χ2n) is 3.72. The Balaban J connectivity index is 2.97. The number of carbonyl (C=O) groups is 1. The van der Waals surface area contributed by atoms with Gasteiger partial charge in [0.25, 0.3) is 0 Å². The normalized spacial score (nSPS) is 48.5. The van der Waals surface area contributed by atoms with Crippen molar-refractivity contribution in [1.82, 2.24) is 0 Å². The Bertz CT molecular complexity index is 222. The first-order valence-corrected chi connectivity index (χ1v) is 3.78. The molecule has 0 bridgehead atoms. The third kappa shape index (κ3) is 0.647. The summed E-state index contributed by atoms with van der Waals surface area (Å²) in [5.74, 6) is -0.516. The summed E-state index contributed by atoms with van der Waals surface area (Å²) in [6.07, 6.45) is 1.76. The Morgan fingerprint density at radius 2 is 2.09 bits per heavy atom. The number of carboxylic acids is 1. The molecule has 1 aliphatic carbocycles. The molecule has 62 valence electrons. The van der Waals surface area contributed by atoms with Gasteiger partial charge in [-0.1, -0.05) is 19.9 Å². The maximum absolute atomic E-state index is 10.8. The standard InChI is InChI=1S/C9H14O2/c1-5-8(3)6(2)9(8,4)7(10)11/h5-6H,1H2,2-4H3,(H,10,11). The Hall–Kier alpha value is -0.790. The zero-order valence-electron chi connectivity index (χ0n) is 7.22. The molecule has 3 atom stereocenters. The minimum absolute atomic E-state index is 0.199. The first kappa shape index (κ1) is 8.31. The molecule has 1 fully saturated rings. The number of carboxylic acid groups (broad SMARTS) is 1. The van der Waals surface area contributed by atoms with Crippen LogP contribution in [0.5, 0.6) is 0 Å². The van der Waals surface area contributed by atoms with Crippen LogP contribution in [0, 0.1) is 16.7 Å². The molecule has 0 aromatic heterocycles. The van der Waals surface area contributed by atoms with Gasteiger partial charge in [-0.15, -0.1) is 6.58 Å². The predicted molar refractivity (Wildman–Crippen MR) is 43.2 cm³/mol. The highest BCUT2D eigenvalue weighted by Crippen LogP contribution is 2.69. The number of allylic oxidation sites excluding steroid dienone is 1. The summed E-state index contributed by atoms with van der Waals surface area (Å²) in [5.41, 5.74) is -0.798. The van der Waals surface area contributed by atoms with Gasteiger partial charge in [0.15, 0.2) is 0 Å². The molecule has 0 spiro atoms. The molecule has 1 rings (SSSR count). The van der Waals surface area contributed by atoms with Crippen molar-refractivity contribution in [3.05, 3.63) is 12.7 Å². The minimum Gasteiger partial charge on any atom is -0.481 e. The van der Waals surface area contributed by atoms with Gasteiger partial charge in [-0.2, -0.15) is 0 Å². The lowest BCUT2D eigenvalue weighted by molar-refractivity contribution is -0.144. The molecule has 2 heteroatoms. The smallest absolute Gasteiger partial charge is 0.310 e. The molecule has 0 saturated heterocycles. The third-order valence-electron chi connectivity index (χ3n) is 3.67. The molecule has 0 radical (unpaired) electrons. The fourth-order valence-corrected chi connectivity index (χ4v) is 1.90. The zero-order valence-corrected chi connectivity index (χ0v) is 7.22. The maximum Gasteiger partial charge on any atom is 0.310 e. The van der Waals surface area contributed by atoms with Gasteiger partial charge in [-0.3, -0.25) is 4.79 Å². The van der Waals surface area contributed by atoms with Crippen molar-refractivity contribution in [3.8, 4) is 0 Å².